The Morgan fingerprint density at radius 2 is 1.14 bits per heavy atom. The van der Waals surface area contributed by atoms with Crippen molar-refractivity contribution in [2.75, 3.05) is 58.1 Å². The summed E-state index contributed by atoms with van der Waals surface area (Å²) in [5, 5.41) is 218. The van der Waals surface area contributed by atoms with Gasteiger partial charge in [-0.1, -0.05) is 0 Å². The van der Waals surface area contributed by atoms with Crippen LogP contribution in [0.5, 0.6) is 0 Å². The van der Waals surface area contributed by atoms with Crippen LogP contribution < -0.4 is 21.3 Å². The second kappa shape index (κ2) is 34.5. The van der Waals surface area contributed by atoms with Gasteiger partial charge in [0.2, 0.25) is 17.7 Å². The quantitative estimate of drug-likeness (QED) is 0.0318. The highest BCUT2D eigenvalue weighted by atomic mass is 16.8. The Labute approximate surface area is 528 Å². The molecule has 0 aromatic heterocycles. The highest BCUT2D eigenvalue weighted by Gasteiger charge is 2.59. The zero-order valence-electron chi connectivity index (χ0n) is 50.4. The molecule has 30 atom stereocenters. The van der Waals surface area contributed by atoms with Crippen molar-refractivity contribution >= 4 is 35.3 Å². The molecule has 5 heterocycles. The topological polar surface area (TPSA) is 619 Å². The van der Waals surface area contributed by atoms with Crippen LogP contribution in [0, 0.1) is 0 Å². The molecule has 1 aromatic rings. The molecular weight excluding hydrogens is 1260 g/mol. The number of anilines is 1. The molecule has 6 rings (SSSR count). The lowest BCUT2D eigenvalue weighted by Crippen LogP contribution is -2.70. The summed E-state index contributed by atoms with van der Waals surface area (Å²) in [5.74, 6) is -8.08. The Kier molecular flexibility index (Phi) is 28.6. The van der Waals surface area contributed by atoms with Gasteiger partial charge in [-0.2, -0.15) is 0 Å². The molecule has 1 aromatic carbocycles. The number of aliphatic hydroxyl groups excluding tert-OH is 18. The largest absolute Gasteiger partial charge is 0.477 e. The van der Waals surface area contributed by atoms with Crippen molar-refractivity contribution in [3.8, 4) is 0 Å². The lowest BCUT2D eigenvalue weighted by Gasteiger charge is -2.50. The number of nitrogens with one attached hydrogen (secondary N) is 4. The molecule has 5 aliphatic rings. The van der Waals surface area contributed by atoms with Crippen molar-refractivity contribution < 1.29 is 173 Å². The first-order valence-corrected chi connectivity index (χ1v) is 29.4. The maximum absolute atomic E-state index is 12.9. The van der Waals surface area contributed by atoms with E-state index >= 15 is 0 Å². The summed E-state index contributed by atoms with van der Waals surface area (Å²) in [4.78, 5) is 62.3. The third-order valence-electron chi connectivity index (χ3n) is 16.0. The summed E-state index contributed by atoms with van der Waals surface area (Å²) in [5.41, 5.74) is 0.560. The van der Waals surface area contributed by atoms with Gasteiger partial charge >= 0.3 is 11.9 Å². The van der Waals surface area contributed by atoms with Crippen LogP contribution in [0.4, 0.5) is 5.69 Å². The maximum Gasteiger partial charge on any atom is 0.364 e. The fraction of sp³-hybridized carbons (Fsp3) is 0.796. The Hall–Kier alpha value is -4.75. The van der Waals surface area contributed by atoms with Crippen LogP contribution >= 0.6 is 0 Å². The first kappa shape index (κ1) is 77.3. The molecule has 93 heavy (non-hydrogen) atoms. The number of benzene rings is 1. The van der Waals surface area contributed by atoms with Crippen molar-refractivity contribution in [3.05, 3.63) is 29.8 Å². The summed E-state index contributed by atoms with van der Waals surface area (Å²) in [7, 11) is 0. The second-order valence-corrected chi connectivity index (χ2v) is 22.7. The van der Waals surface area contributed by atoms with Crippen LogP contribution in [-0.4, -0.2) is 363 Å². The standard InChI is InChI=1S/C54H86N4O35/c1-5-83-48(80)21-6-8-22(9-7-21)55-11-23(56-18(2)64)33(70)43(26(69)13-60)89-51-42(79)46(37(74)28(15-62)85-51)91-52-47(40(77)35(72)27(14-61)86-52)92-49-32(58-20(4)66)38(75)44(29(16-63)87-49)90-50-41(78)39(76)36(73)30(88-50)17-84-54(53(81)82)10-24(67)31(57-19(3)65)45(93-54)34(71)25(68)12-59/h6-9,23-47,49-52,55,59-63,67-79H,5,10-17H2,1-4H3,(H,56,64)(H,57,65)(H,58,66)(H,81,82)/t23-,24-,25+,26+,27-,28+,29+,30+,31+,32+,33+,34+,35-,36-,37+,38+,39-,40+,41+,42-,43+,44+,45+,46-,47+,49-,50-,51-,52-,54+/m0/s1. The van der Waals surface area contributed by atoms with Gasteiger partial charge in [0.1, 0.15) is 134 Å². The number of carboxylic acid groups (broad SMARTS) is 1. The zero-order chi connectivity index (χ0) is 69.1. The minimum atomic E-state index is -3.02. The Morgan fingerprint density at radius 3 is 1.71 bits per heavy atom. The van der Waals surface area contributed by atoms with E-state index in [1.54, 1.807) is 6.92 Å². The van der Waals surface area contributed by atoms with Crippen molar-refractivity contribution in [2.24, 2.45) is 0 Å². The number of carbonyl (C=O) groups is 5. The van der Waals surface area contributed by atoms with Crippen LogP contribution in [0.2, 0.25) is 0 Å². The van der Waals surface area contributed by atoms with Gasteiger partial charge < -0.3 is 170 Å². The summed E-state index contributed by atoms with van der Waals surface area (Å²) < 4.78 is 63.0. The van der Waals surface area contributed by atoms with Crippen LogP contribution in [0.15, 0.2) is 24.3 Å². The Bertz CT molecular complexity index is 2550. The second-order valence-electron chi connectivity index (χ2n) is 22.7. The molecule has 23 N–H and O–H groups in total. The van der Waals surface area contributed by atoms with Gasteiger partial charge in [-0.05, 0) is 31.2 Å². The van der Waals surface area contributed by atoms with Gasteiger partial charge in [0.15, 0.2) is 25.2 Å². The van der Waals surface area contributed by atoms with Gasteiger partial charge in [0, 0.05) is 39.4 Å². The molecule has 0 saturated carbocycles. The van der Waals surface area contributed by atoms with E-state index in [0.29, 0.717) is 5.69 Å². The van der Waals surface area contributed by atoms with E-state index in [2.05, 4.69) is 21.3 Å². The average Bonchev–Trinajstić information content (AvgIpc) is 0.777. The SMILES string of the molecule is CCOC(=O)c1ccc(NC[C@H](NC(C)=O)[C@@H](O)[C@H](O[C@@H]2O[C@H](CO)[C@@H](O)[C@H](O[C@@H]3O[C@@H](CO)[C@H](O)[C@@H](O)[C@H]3O[C@@H]3O[C@H](CO)[C@@H](O[C@@H]4O[C@H](CO[C@]5(C(=O)O)C[C@H](O)[C@@H](NC(C)=O)[C@H]([C@H](O)[C@H](O)CO)O5)[C@H](O)[C@H](O)[C@H]4O)[C@H](O)[C@H]3NC(C)=O)[C@@H]2O)[C@H](O)CO)cc1. The predicted octanol–water partition coefficient (Wildman–Crippen LogP) is -12.5. The van der Waals surface area contributed by atoms with Crippen molar-refractivity contribution in [3.63, 3.8) is 0 Å². The van der Waals surface area contributed by atoms with Crippen LogP contribution in [-0.2, 0) is 71.3 Å². The van der Waals surface area contributed by atoms with E-state index in [4.69, 9.17) is 52.1 Å². The van der Waals surface area contributed by atoms with Gasteiger partial charge in [-0.15, -0.1) is 0 Å². The van der Waals surface area contributed by atoms with Gasteiger partial charge in [0.05, 0.1) is 70.0 Å². The summed E-state index contributed by atoms with van der Waals surface area (Å²) >= 11 is 0. The molecule has 0 unspecified atom stereocenters. The molecular formula is C54H86N4O35. The first-order valence-electron chi connectivity index (χ1n) is 29.4. The monoisotopic (exact) mass is 1350 g/mol. The maximum atomic E-state index is 12.9. The van der Waals surface area contributed by atoms with E-state index in [1.807, 2.05) is 0 Å². The third kappa shape index (κ3) is 18.5. The Balaban J connectivity index is 1.22. The lowest BCUT2D eigenvalue weighted by molar-refractivity contribution is -0.392. The normalized spacial score (nSPS) is 38.5. The van der Waals surface area contributed by atoms with E-state index < -0.39 is 259 Å². The number of hydrogen-bond donors (Lipinski definition) is 23. The fourth-order valence-electron chi connectivity index (χ4n) is 11.1. The van der Waals surface area contributed by atoms with Gasteiger partial charge in [-0.25, -0.2) is 9.59 Å². The lowest BCUT2D eigenvalue weighted by atomic mass is 9.88. The van der Waals surface area contributed by atoms with Crippen molar-refractivity contribution in [1.29, 1.82) is 0 Å². The van der Waals surface area contributed by atoms with Crippen molar-refractivity contribution in [1.82, 2.24) is 16.0 Å². The fourth-order valence-corrected chi connectivity index (χ4v) is 11.1. The molecule has 5 fully saturated rings. The van der Waals surface area contributed by atoms with Crippen LogP contribution in [0.1, 0.15) is 44.5 Å². The van der Waals surface area contributed by atoms with E-state index in [1.165, 1.54) is 24.3 Å². The molecule has 5 aliphatic heterocycles. The summed E-state index contributed by atoms with van der Waals surface area (Å²) in [6.07, 6.45) is -55.7. The van der Waals surface area contributed by atoms with Crippen molar-refractivity contribution in [2.45, 2.75) is 217 Å². The molecule has 0 bridgehead atoms. The highest BCUT2D eigenvalue weighted by molar-refractivity contribution is 5.89. The van der Waals surface area contributed by atoms with E-state index in [9.17, 15) is 121 Å². The first-order chi connectivity index (χ1) is 43.9. The average molecular weight is 1350 g/mol. The van der Waals surface area contributed by atoms with Gasteiger partial charge in [-0.3, -0.25) is 14.4 Å². The van der Waals surface area contributed by atoms with Crippen LogP contribution in [0.25, 0.3) is 0 Å². The minimum Gasteiger partial charge on any atom is -0.477 e. The van der Waals surface area contributed by atoms with E-state index in [-0.39, 0.29) is 18.7 Å². The predicted molar refractivity (Wildman–Crippen MR) is 297 cm³/mol. The van der Waals surface area contributed by atoms with Gasteiger partial charge in [0.25, 0.3) is 5.79 Å². The minimum absolute atomic E-state index is 0.112. The molecule has 0 radical (unpaired) electrons. The molecule has 5 saturated heterocycles. The van der Waals surface area contributed by atoms with E-state index in [0.717, 1.165) is 20.8 Å². The highest BCUT2D eigenvalue weighted by Crippen LogP contribution is 2.38. The third-order valence-corrected chi connectivity index (χ3v) is 16.0. The number of aliphatic hydroxyl groups is 18. The number of carboxylic acids is 1. The number of rotatable bonds is 30. The zero-order valence-corrected chi connectivity index (χ0v) is 50.4. The summed E-state index contributed by atoms with van der Waals surface area (Å²) in [6.45, 7) is -2.30. The number of carbonyl (C=O) groups excluding carboxylic acids is 4. The molecule has 0 aliphatic carbocycles. The summed E-state index contributed by atoms with van der Waals surface area (Å²) in [6, 6.07) is 0.839. The number of aliphatic carboxylic acids is 1. The number of ether oxygens (including phenoxy) is 11. The molecule has 39 heteroatoms. The molecule has 0 spiro atoms. The smallest absolute Gasteiger partial charge is 0.364 e. The number of esters is 1. The molecule has 3 amide bonds. The molecule has 39 nitrogen and oxygen atoms in total. The number of hydrogen-bond acceptors (Lipinski definition) is 35. The van der Waals surface area contributed by atoms with Crippen LogP contribution in [0.3, 0.4) is 0 Å². The number of amides is 3. The Morgan fingerprint density at radius 1 is 0.591 bits per heavy atom. The molecule has 532 valence electrons.